The van der Waals surface area contributed by atoms with Crippen LogP contribution in [-0.2, 0) is 4.79 Å². The van der Waals surface area contributed by atoms with Crippen molar-refractivity contribution in [3.05, 3.63) is 30.1 Å². The number of benzene rings is 1. The number of rotatable bonds is 4. The summed E-state index contributed by atoms with van der Waals surface area (Å²) in [6.07, 6.45) is 4.77. The molecule has 3 rings (SSSR count). The molecular weight excluding hydrogens is 300 g/mol. The standard InChI is InChI=1S/C19H28N4O/c1-13(2)23-16-10-6-5-9-15(16)22-17(23)14(3)21-18(24)19(20)11-7-4-8-12-19/h5-6,9-10,13-14H,4,7-8,11-12,20H2,1-3H3,(H,21,24). The fourth-order valence-corrected chi connectivity index (χ4v) is 3.73. The van der Waals surface area contributed by atoms with E-state index in [2.05, 4.69) is 29.8 Å². The number of carbonyl (C=O) groups is 1. The van der Waals surface area contributed by atoms with Gasteiger partial charge in [0.05, 0.1) is 22.6 Å². The fourth-order valence-electron chi connectivity index (χ4n) is 3.73. The maximum absolute atomic E-state index is 12.7. The van der Waals surface area contributed by atoms with Crippen molar-refractivity contribution < 1.29 is 4.79 Å². The number of amides is 1. The Morgan fingerprint density at radius 1 is 1.21 bits per heavy atom. The Morgan fingerprint density at radius 2 is 1.88 bits per heavy atom. The summed E-state index contributed by atoms with van der Waals surface area (Å²) in [5.74, 6) is 0.844. The zero-order valence-electron chi connectivity index (χ0n) is 14.9. The van der Waals surface area contributed by atoms with Gasteiger partial charge < -0.3 is 15.6 Å². The third-order valence-corrected chi connectivity index (χ3v) is 5.07. The number of para-hydroxylation sites is 2. The second-order valence-corrected chi connectivity index (χ2v) is 7.33. The Bertz CT molecular complexity index is 728. The van der Waals surface area contributed by atoms with Crippen molar-refractivity contribution in [1.29, 1.82) is 0 Å². The fraction of sp³-hybridized carbons (Fsp3) is 0.579. The Kier molecular flexibility index (Phi) is 4.63. The second kappa shape index (κ2) is 6.55. The first kappa shape index (κ1) is 17.0. The molecule has 0 saturated heterocycles. The van der Waals surface area contributed by atoms with Gasteiger partial charge in [-0.3, -0.25) is 4.79 Å². The lowest BCUT2D eigenvalue weighted by Crippen LogP contribution is -2.55. The van der Waals surface area contributed by atoms with Crippen LogP contribution in [0.15, 0.2) is 24.3 Å². The lowest BCUT2D eigenvalue weighted by Gasteiger charge is -2.33. The third kappa shape index (κ3) is 3.05. The molecule has 1 aliphatic carbocycles. The predicted octanol–water partition coefficient (Wildman–Crippen LogP) is 3.46. The molecule has 5 nitrogen and oxygen atoms in total. The Balaban J connectivity index is 1.87. The van der Waals surface area contributed by atoms with Crippen LogP contribution < -0.4 is 11.1 Å². The minimum Gasteiger partial charge on any atom is -0.345 e. The van der Waals surface area contributed by atoms with Crippen molar-refractivity contribution in [2.24, 2.45) is 5.73 Å². The number of nitrogens with one attached hydrogen (secondary N) is 1. The topological polar surface area (TPSA) is 72.9 Å². The summed E-state index contributed by atoms with van der Waals surface area (Å²) in [5, 5.41) is 3.12. The second-order valence-electron chi connectivity index (χ2n) is 7.33. The van der Waals surface area contributed by atoms with Crippen molar-refractivity contribution in [2.75, 3.05) is 0 Å². The van der Waals surface area contributed by atoms with E-state index in [1.54, 1.807) is 0 Å². The smallest absolute Gasteiger partial charge is 0.240 e. The quantitative estimate of drug-likeness (QED) is 0.903. The van der Waals surface area contributed by atoms with Crippen LogP contribution >= 0.6 is 0 Å². The molecule has 2 aromatic rings. The van der Waals surface area contributed by atoms with Gasteiger partial charge in [0, 0.05) is 6.04 Å². The molecule has 1 fully saturated rings. The highest BCUT2D eigenvalue weighted by atomic mass is 16.2. The highest BCUT2D eigenvalue weighted by Gasteiger charge is 2.36. The SMILES string of the molecule is CC(NC(=O)C1(N)CCCCC1)c1nc2ccccc2n1C(C)C. The number of hydrogen-bond acceptors (Lipinski definition) is 3. The van der Waals surface area contributed by atoms with Gasteiger partial charge in [0.1, 0.15) is 5.82 Å². The average molecular weight is 328 g/mol. The van der Waals surface area contributed by atoms with E-state index in [4.69, 9.17) is 10.7 Å². The van der Waals surface area contributed by atoms with Crippen LogP contribution in [0.25, 0.3) is 11.0 Å². The van der Waals surface area contributed by atoms with E-state index in [-0.39, 0.29) is 18.0 Å². The summed E-state index contributed by atoms with van der Waals surface area (Å²) >= 11 is 0. The maximum Gasteiger partial charge on any atom is 0.240 e. The molecule has 1 amide bonds. The van der Waals surface area contributed by atoms with Gasteiger partial charge in [-0.15, -0.1) is 0 Å². The minimum absolute atomic E-state index is 0.0444. The van der Waals surface area contributed by atoms with Crippen molar-refractivity contribution in [1.82, 2.24) is 14.9 Å². The molecule has 5 heteroatoms. The van der Waals surface area contributed by atoms with Crippen molar-refractivity contribution in [3.63, 3.8) is 0 Å². The first-order valence-corrected chi connectivity index (χ1v) is 8.99. The molecule has 0 radical (unpaired) electrons. The monoisotopic (exact) mass is 328 g/mol. The normalized spacial score (nSPS) is 18.7. The lowest BCUT2D eigenvalue weighted by molar-refractivity contribution is -0.128. The zero-order valence-corrected chi connectivity index (χ0v) is 14.9. The molecule has 1 heterocycles. The summed E-state index contributed by atoms with van der Waals surface area (Å²) < 4.78 is 2.20. The van der Waals surface area contributed by atoms with Crippen LogP contribution in [-0.4, -0.2) is 21.0 Å². The van der Waals surface area contributed by atoms with E-state index < -0.39 is 5.54 Å². The molecule has 1 saturated carbocycles. The van der Waals surface area contributed by atoms with Gasteiger partial charge in [-0.1, -0.05) is 31.4 Å². The molecule has 0 bridgehead atoms. The van der Waals surface area contributed by atoms with Crippen molar-refractivity contribution >= 4 is 16.9 Å². The summed E-state index contributed by atoms with van der Waals surface area (Å²) in [6, 6.07) is 8.20. The largest absolute Gasteiger partial charge is 0.345 e. The van der Waals surface area contributed by atoms with Crippen LogP contribution in [0, 0.1) is 0 Å². The van der Waals surface area contributed by atoms with Crippen molar-refractivity contribution in [2.45, 2.75) is 70.5 Å². The highest BCUT2D eigenvalue weighted by molar-refractivity contribution is 5.86. The molecular formula is C19H28N4O. The van der Waals surface area contributed by atoms with Gasteiger partial charge in [0.15, 0.2) is 0 Å². The molecule has 24 heavy (non-hydrogen) atoms. The molecule has 130 valence electrons. The van der Waals surface area contributed by atoms with Crippen LogP contribution in [0.2, 0.25) is 0 Å². The van der Waals surface area contributed by atoms with E-state index in [0.717, 1.165) is 42.5 Å². The van der Waals surface area contributed by atoms with Crippen LogP contribution in [0.4, 0.5) is 0 Å². The molecule has 1 unspecified atom stereocenters. The minimum atomic E-state index is -0.721. The maximum atomic E-state index is 12.7. The zero-order chi connectivity index (χ0) is 17.3. The molecule has 1 aromatic heterocycles. The summed E-state index contributed by atoms with van der Waals surface area (Å²) in [5.41, 5.74) is 7.70. The predicted molar refractivity (Wildman–Crippen MR) is 96.7 cm³/mol. The van der Waals surface area contributed by atoms with Gasteiger partial charge in [0.2, 0.25) is 5.91 Å². The third-order valence-electron chi connectivity index (χ3n) is 5.07. The number of aromatic nitrogens is 2. The molecule has 0 spiro atoms. The number of imidazole rings is 1. The molecule has 1 aliphatic rings. The highest BCUT2D eigenvalue weighted by Crippen LogP contribution is 2.28. The van der Waals surface area contributed by atoms with Crippen LogP contribution in [0.1, 0.15) is 70.8 Å². The number of hydrogen-bond donors (Lipinski definition) is 2. The number of nitrogens with two attached hydrogens (primary N) is 1. The van der Waals surface area contributed by atoms with Gasteiger partial charge in [-0.05, 0) is 45.7 Å². The van der Waals surface area contributed by atoms with E-state index in [1.807, 2.05) is 25.1 Å². The molecule has 1 atom stereocenters. The van der Waals surface area contributed by atoms with E-state index >= 15 is 0 Å². The molecule has 0 aliphatic heterocycles. The first-order valence-electron chi connectivity index (χ1n) is 8.99. The molecule has 3 N–H and O–H groups in total. The van der Waals surface area contributed by atoms with E-state index in [1.165, 1.54) is 6.42 Å². The average Bonchev–Trinajstić information content (AvgIpc) is 2.95. The Labute approximate surface area is 143 Å². The number of nitrogens with zero attached hydrogens (tertiary/aromatic N) is 2. The number of carbonyl (C=O) groups excluding carboxylic acids is 1. The van der Waals surface area contributed by atoms with E-state index in [9.17, 15) is 4.79 Å². The Morgan fingerprint density at radius 3 is 2.54 bits per heavy atom. The number of fused-ring (bicyclic) bond motifs is 1. The van der Waals surface area contributed by atoms with E-state index in [0.29, 0.717) is 0 Å². The van der Waals surface area contributed by atoms with Crippen LogP contribution in [0.5, 0.6) is 0 Å². The molecule has 1 aromatic carbocycles. The van der Waals surface area contributed by atoms with Gasteiger partial charge in [-0.2, -0.15) is 0 Å². The van der Waals surface area contributed by atoms with Gasteiger partial charge >= 0.3 is 0 Å². The lowest BCUT2D eigenvalue weighted by atomic mass is 9.82. The summed E-state index contributed by atoms with van der Waals surface area (Å²) in [7, 11) is 0. The summed E-state index contributed by atoms with van der Waals surface area (Å²) in [4.78, 5) is 17.5. The van der Waals surface area contributed by atoms with Crippen LogP contribution in [0.3, 0.4) is 0 Å². The first-order chi connectivity index (χ1) is 11.4. The van der Waals surface area contributed by atoms with Crippen molar-refractivity contribution in [3.8, 4) is 0 Å². The Hall–Kier alpha value is -1.88. The summed E-state index contributed by atoms with van der Waals surface area (Å²) in [6.45, 7) is 6.26. The van der Waals surface area contributed by atoms with Gasteiger partial charge in [-0.25, -0.2) is 4.98 Å². The van der Waals surface area contributed by atoms with Gasteiger partial charge in [0.25, 0.3) is 0 Å².